The molecular weight excluding hydrogens is 407 g/mol. The second-order valence-corrected chi connectivity index (χ2v) is 7.26. The van der Waals surface area contributed by atoms with Gasteiger partial charge in [-0.05, 0) is 48.4 Å². The summed E-state index contributed by atoms with van der Waals surface area (Å²) < 4.78 is 38.8. The van der Waals surface area contributed by atoms with Crippen LogP contribution in [0.3, 0.4) is 0 Å². The Bertz CT molecular complexity index is 1280. The Morgan fingerprint density at radius 2 is 1.90 bits per heavy atom. The largest absolute Gasteiger partial charge is 0.416 e. The Morgan fingerprint density at radius 1 is 1.10 bits per heavy atom. The van der Waals surface area contributed by atoms with Gasteiger partial charge in [0, 0.05) is 22.9 Å². The number of aliphatic hydroxyl groups is 1. The van der Waals surface area contributed by atoms with Crippen LogP contribution >= 0.6 is 0 Å². The van der Waals surface area contributed by atoms with Crippen LogP contribution in [0.15, 0.2) is 54.6 Å². The van der Waals surface area contributed by atoms with Gasteiger partial charge in [-0.2, -0.15) is 18.3 Å². The number of carbonyl (C=O) groups excluding carboxylic acids is 1. The Hall–Kier alpha value is -3.52. The number of aromatic amines is 1. The number of alkyl halides is 3. The van der Waals surface area contributed by atoms with E-state index in [4.69, 9.17) is 0 Å². The van der Waals surface area contributed by atoms with E-state index in [0.717, 1.165) is 28.6 Å². The van der Waals surface area contributed by atoms with Crippen molar-refractivity contribution in [1.82, 2.24) is 15.2 Å². The van der Waals surface area contributed by atoms with Gasteiger partial charge in [0.2, 0.25) is 0 Å². The second-order valence-electron chi connectivity index (χ2n) is 7.26. The molecule has 2 aromatic heterocycles. The molecular formula is C23H18F3N3O2. The first-order chi connectivity index (χ1) is 14.8. The van der Waals surface area contributed by atoms with E-state index in [1.807, 2.05) is 25.1 Å². The van der Waals surface area contributed by atoms with E-state index in [-0.39, 0.29) is 18.6 Å². The molecule has 0 aliphatic rings. The number of aromatic nitrogens is 3. The maximum atomic E-state index is 12.9. The minimum atomic E-state index is -4.50. The van der Waals surface area contributed by atoms with Crippen LogP contribution in [0, 0.1) is 6.92 Å². The Balaban J connectivity index is 1.63. The molecule has 2 aromatic carbocycles. The van der Waals surface area contributed by atoms with E-state index < -0.39 is 17.5 Å². The highest BCUT2D eigenvalue weighted by Gasteiger charge is 2.30. The molecule has 0 saturated heterocycles. The van der Waals surface area contributed by atoms with Gasteiger partial charge >= 0.3 is 6.18 Å². The Morgan fingerprint density at radius 3 is 2.65 bits per heavy atom. The van der Waals surface area contributed by atoms with Crippen molar-refractivity contribution in [3.05, 3.63) is 82.5 Å². The SMILES string of the molecule is Cc1ccc(CC(=O)c2cccc(C(F)(F)F)c2)cc1-c1ccc2c(CO)[nH]nc2n1. The van der Waals surface area contributed by atoms with Gasteiger partial charge in [0.05, 0.1) is 23.6 Å². The predicted octanol–water partition coefficient (Wildman–Crippen LogP) is 4.87. The maximum Gasteiger partial charge on any atom is 0.416 e. The fourth-order valence-electron chi connectivity index (χ4n) is 3.43. The van der Waals surface area contributed by atoms with Gasteiger partial charge in [0.1, 0.15) is 0 Å². The lowest BCUT2D eigenvalue weighted by molar-refractivity contribution is -0.137. The number of pyridine rings is 1. The van der Waals surface area contributed by atoms with E-state index >= 15 is 0 Å². The summed E-state index contributed by atoms with van der Waals surface area (Å²) in [5, 5.41) is 16.9. The fraction of sp³-hybridized carbons (Fsp3) is 0.174. The van der Waals surface area contributed by atoms with E-state index in [0.29, 0.717) is 22.6 Å². The first kappa shape index (κ1) is 20.7. The lowest BCUT2D eigenvalue weighted by atomic mass is 9.96. The van der Waals surface area contributed by atoms with E-state index in [9.17, 15) is 23.1 Å². The molecule has 0 saturated carbocycles. The standard InChI is InChI=1S/C23H18F3N3O2/c1-13-5-6-14(10-21(31)15-3-2-4-16(11-15)23(24,25)26)9-18(13)19-8-7-17-20(12-30)28-29-22(17)27-19/h2-9,11,30H,10,12H2,1H3,(H,27,28,29). The molecule has 0 aliphatic heterocycles. The summed E-state index contributed by atoms with van der Waals surface area (Å²) in [4.78, 5) is 17.1. The summed E-state index contributed by atoms with van der Waals surface area (Å²) in [5.41, 5.74) is 3.26. The van der Waals surface area contributed by atoms with Crippen molar-refractivity contribution in [3.63, 3.8) is 0 Å². The van der Waals surface area contributed by atoms with Crippen LogP contribution in [0.5, 0.6) is 0 Å². The summed E-state index contributed by atoms with van der Waals surface area (Å²) in [6.07, 6.45) is -4.53. The van der Waals surface area contributed by atoms with Gasteiger partial charge in [-0.25, -0.2) is 4.98 Å². The van der Waals surface area contributed by atoms with Crippen LogP contribution < -0.4 is 0 Å². The number of hydrogen-bond donors (Lipinski definition) is 2. The lowest BCUT2D eigenvalue weighted by Gasteiger charge is -2.10. The highest BCUT2D eigenvalue weighted by atomic mass is 19.4. The molecule has 0 fully saturated rings. The minimum absolute atomic E-state index is 0.0181. The number of ketones is 1. The number of fused-ring (bicyclic) bond motifs is 1. The molecule has 4 rings (SSSR count). The molecule has 0 amide bonds. The third-order valence-electron chi connectivity index (χ3n) is 5.11. The predicted molar refractivity (Wildman–Crippen MR) is 109 cm³/mol. The van der Waals surface area contributed by atoms with Crippen LogP contribution in [-0.2, 0) is 19.2 Å². The number of Topliss-reactive ketones (excluding diaryl/α,β-unsaturated/α-hetero) is 1. The van der Waals surface area contributed by atoms with Gasteiger partial charge in [0.15, 0.2) is 11.4 Å². The molecule has 8 heteroatoms. The fourth-order valence-corrected chi connectivity index (χ4v) is 3.43. The van der Waals surface area contributed by atoms with E-state index in [2.05, 4.69) is 15.2 Å². The molecule has 0 aliphatic carbocycles. The molecule has 2 N–H and O–H groups in total. The van der Waals surface area contributed by atoms with Crippen molar-refractivity contribution in [2.24, 2.45) is 0 Å². The zero-order chi connectivity index (χ0) is 22.2. The van der Waals surface area contributed by atoms with Crippen molar-refractivity contribution in [1.29, 1.82) is 0 Å². The van der Waals surface area contributed by atoms with Crippen LogP contribution in [0.25, 0.3) is 22.3 Å². The van der Waals surface area contributed by atoms with Gasteiger partial charge < -0.3 is 5.11 Å². The summed E-state index contributed by atoms with van der Waals surface area (Å²) >= 11 is 0. The van der Waals surface area contributed by atoms with Crippen molar-refractivity contribution >= 4 is 16.8 Å². The average Bonchev–Trinajstić information content (AvgIpc) is 3.17. The molecule has 0 spiro atoms. The number of H-pyrrole nitrogens is 1. The molecule has 2 heterocycles. The van der Waals surface area contributed by atoms with Crippen LogP contribution in [0.4, 0.5) is 13.2 Å². The number of nitrogens with zero attached hydrogens (tertiary/aromatic N) is 2. The van der Waals surface area contributed by atoms with E-state index in [1.165, 1.54) is 12.1 Å². The molecule has 158 valence electrons. The summed E-state index contributed by atoms with van der Waals surface area (Å²) in [7, 11) is 0. The average molecular weight is 425 g/mol. The number of benzene rings is 2. The van der Waals surface area contributed by atoms with Gasteiger partial charge in [-0.3, -0.25) is 9.89 Å². The lowest BCUT2D eigenvalue weighted by Crippen LogP contribution is -2.09. The van der Waals surface area contributed by atoms with Gasteiger partial charge in [0.25, 0.3) is 0 Å². The quantitative estimate of drug-likeness (QED) is 0.447. The molecule has 31 heavy (non-hydrogen) atoms. The van der Waals surface area contributed by atoms with Crippen molar-refractivity contribution in [3.8, 4) is 11.3 Å². The normalized spacial score (nSPS) is 11.8. The maximum absolute atomic E-state index is 12.9. The summed E-state index contributed by atoms with van der Waals surface area (Å²) in [6, 6.07) is 13.5. The third-order valence-corrected chi connectivity index (χ3v) is 5.11. The molecule has 0 radical (unpaired) electrons. The minimum Gasteiger partial charge on any atom is -0.390 e. The number of nitrogens with one attached hydrogen (secondary N) is 1. The highest BCUT2D eigenvalue weighted by Crippen LogP contribution is 2.30. The number of rotatable bonds is 5. The molecule has 0 bridgehead atoms. The zero-order valence-electron chi connectivity index (χ0n) is 16.5. The molecule has 0 atom stereocenters. The second kappa shape index (κ2) is 7.96. The van der Waals surface area contributed by atoms with Crippen LogP contribution in [0.2, 0.25) is 0 Å². The van der Waals surface area contributed by atoms with Gasteiger partial charge in [-0.1, -0.05) is 24.3 Å². The molecule has 0 unspecified atom stereocenters. The van der Waals surface area contributed by atoms with Gasteiger partial charge in [-0.15, -0.1) is 0 Å². The first-order valence-electron chi connectivity index (χ1n) is 9.51. The zero-order valence-corrected chi connectivity index (χ0v) is 16.5. The van der Waals surface area contributed by atoms with E-state index in [1.54, 1.807) is 12.1 Å². The highest BCUT2D eigenvalue weighted by molar-refractivity contribution is 5.97. The molecule has 5 nitrogen and oxygen atoms in total. The van der Waals surface area contributed by atoms with Crippen LogP contribution in [-0.4, -0.2) is 26.1 Å². The molecule has 4 aromatic rings. The van der Waals surface area contributed by atoms with Crippen molar-refractivity contribution in [2.45, 2.75) is 26.1 Å². The number of carbonyl (C=O) groups is 1. The summed E-state index contributed by atoms with van der Waals surface area (Å²) in [6.45, 7) is 1.73. The monoisotopic (exact) mass is 425 g/mol. The Labute approximate surface area is 175 Å². The van der Waals surface area contributed by atoms with Crippen LogP contribution in [0.1, 0.15) is 32.7 Å². The smallest absolute Gasteiger partial charge is 0.390 e. The topological polar surface area (TPSA) is 78.9 Å². The van der Waals surface area contributed by atoms with Crippen molar-refractivity contribution < 1.29 is 23.1 Å². The number of aryl methyl sites for hydroxylation is 1. The number of hydrogen-bond acceptors (Lipinski definition) is 4. The summed E-state index contributed by atoms with van der Waals surface area (Å²) in [5.74, 6) is -0.399. The number of halogens is 3. The number of aliphatic hydroxyl groups excluding tert-OH is 1. The third kappa shape index (κ3) is 4.20. The first-order valence-corrected chi connectivity index (χ1v) is 9.51. The Kier molecular flexibility index (Phi) is 5.32. The van der Waals surface area contributed by atoms with Crippen molar-refractivity contribution in [2.75, 3.05) is 0 Å².